The first-order valence-corrected chi connectivity index (χ1v) is 7.51. The largest absolute Gasteiger partial charge is 0.367 e. The molecule has 1 aromatic rings. The minimum atomic E-state index is 0.363. The molecule has 4 aliphatic rings. The predicted molar refractivity (Wildman–Crippen MR) is 73.2 cm³/mol. The maximum absolute atomic E-state index is 6.40. The highest BCUT2D eigenvalue weighted by molar-refractivity contribution is 5.28. The monoisotopic (exact) mass is 244 g/mol. The van der Waals surface area contributed by atoms with Gasteiger partial charge in [0.2, 0.25) is 0 Å². The topological polar surface area (TPSA) is 41.8 Å². The second-order valence-electron chi connectivity index (χ2n) is 7.49. The maximum Gasteiger partial charge on any atom is 0.00675 e. The Morgan fingerprint density at radius 3 is 2.56 bits per heavy atom. The van der Waals surface area contributed by atoms with E-state index in [9.17, 15) is 0 Å². The van der Waals surface area contributed by atoms with Crippen LogP contribution >= 0.6 is 0 Å². The van der Waals surface area contributed by atoms with Gasteiger partial charge in [0.15, 0.2) is 0 Å². The van der Waals surface area contributed by atoms with Crippen LogP contribution < -0.4 is 5.73 Å². The third-order valence-electron chi connectivity index (χ3n) is 6.28. The lowest BCUT2D eigenvalue weighted by atomic mass is 9.42. The number of rotatable bonds is 2. The summed E-state index contributed by atoms with van der Waals surface area (Å²) in [7, 11) is 0. The average molecular weight is 244 g/mol. The van der Waals surface area contributed by atoms with Crippen LogP contribution in [0.4, 0.5) is 0 Å². The molecule has 3 atom stereocenters. The second kappa shape index (κ2) is 3.41. The number of nitrogens with two attached hydrogens (primary N) is 1. The highest BCUT2D eigenvalue weighted by atomic mass is 14.7. The van der Waals surface area contributed by atoms with Crippen LogP contribution in [0.5, 0.6) is 0 Å². The van der Waals surface area contributed by atoms with E-state index in [0.717, 1.165) is 11.8 Å². The van der Waals surface area contributed by atoms with Gasteiger partial charge in [0, 0.05) is 18.4 Å². The van der Waals surface area contributed by atoms with Crippen molar-refractivity contribution in [2.75, 3.05) is 0 Å². The highest BCUT2D eigenvalue weighted by Gasteiger charge is 2.59. The number of aromatic nitrogens is 1. The van der Waals surface area contributed by atoms with Crippen LogP contribution in [0.15, 0.2) is 18.5 Å². The summed E-state index contributed by atoms with van der Waals surface area (Å²) in [6.07, 6.45) is 12.8. The van der Waals surface area contributed by atoms with Crippen LogP contribution in [0.1, 0.15) is 51.0 Å². The Hall–Kier alpha value is -0.760. The van der Waals surface area contributed by atoms with Crippen LogP contribution in [-0.2, 0) is 5.41 Å². The summed E-state index contributed by atoms with van der Waals surface area (Å²) in [6.45, 7) is 2.25. The van der Waals surface area contributed by atoms with E-state index in [4.69, 9.17) is 5.73 Å². The summed E-state index contributed by atoms with van der Waals surface area (Å²) in [5.41, 5.74) is 8.85. The lowest BCUT2D eigenvalue weighted by molar-refractivity contribution is -0.0821. The van der Waals surface area contributed by atoms with Crippen molar-refractivity contribution >= 4 is 0 Å². The fourth-order valence-electron chi connectivity index (χ4n) is 5.86. The molecule has 2 heteroatoms. The lowest BCUT2D eigenvalue weighted by Crippen LogP contribution is -2.59. The molecule has 0 aromatic carbocycles. The predicted octanol–water partition coefficient (Wildman–Crippen LogP) is 3.20. The molecule has 2 nitrogen and oxygen atoms in total. The first-order valence-electron chi connectivity index (χ1n) is 7.51. The molecule has 5 rings (SSSR count). The van der Waals surface area contributed by atoms with Crippen molar-refractivity contribution < 1.29 is 0 Å². The van der Waals surface area contributed by atoms with Gasteiger partial charge >= 0.3 is 0 Å². The van der Waals surface area contributed by atoms with Gasteiger partial charge in [-0.1, -0.05) is 0 Å². The fraction of sp³-hybridized carbons (Fsp3) is 0.750. The molecule has 4 bridgehead atoms. The summed E-state index contributed by atoms with van der Waals surface area (Å²) >= 11 is 0. The summed E-state index contributed by atoms with van der Waals surface area (Å²) in [6, 6.07) is 2.67. The minimum Gasteiger partial charge on any atom is -0.367 e. The number of hydrogen-bond donors (Lipinski definition) is 2. The summed E-state index contributed by atoms with van der Waals surface area (Å²) in [4.78, 5) is 3.27. The van der Waals surface area contributed by atoms with Gasteiger partial charge in [-0.05, 0) is 79.7 Å². The Morgan fingerprint density at radius 1 is 1.28 bits per heavy atom. The Kier molecular flexibility index (Phi) is 2.10. The molecule has 0 saturated heterocycles. The molecule has 3 unspecified atom stereocenters. The van der Waals surface area contributed by atoms with Crippen molar-refractivity contribution in [3.8, 4) is 0 Å². The van der Waals surface area contributed by atoms with Crippen LogP contribution in [0, 0.1) is 17.3 Å². The number of H-pyrrole nitrogens is 1. The van der Waals surface area contributed by atoms with Crippen molar-refractivity contribution in [3.05, 3.63) is 24.0 Å². The third kappa shape index (κ3) is 1.33. The molecule has 0 spiro atoms. The average Bonchev–Trinajstić information content (AvgIpc) is 2.80. The van der Waals surface area contributed by atoms with Gasteiger partial charge in [-0.15, -0.1) is 0 Å². The summed E-state index contributed by atoms with van der Waals surface area (Å²) < 4.78 is 0. The fourth-order valence-corrected chi connectivity index (χ4v) is 5.86. The van der Waals surface area contributed by atoms with Crippen molar-refractivity contribution in [2.24, 2.45) is 23.0 Å². The Labute approximate surface area is 109 Å². The molecule has 4 aliphatic carbocycles. The molecular formula is C16H24N2. The lowest BCUT2D eigenvalue weighted by Gasteiger charge is -2.63. The zero-order valence-corrected chi connectivity index (χ0v) is 11.3. The molecule has 0 amide bonds. The number of nitrogens with one attached hydrogen (secondary N) is 1. The van der Waals surface area contributed by atoms with Crippen LogP contribution in [0.3, 0.4) is 0 Å². The molecule has 4 saturated carbocycles. The van der Waals surface area contributed by atoms with Crippen molar-refractivity contribution in [1.29, 1.82) is 0 Å². The Morgan fingerprint density at radius 2 is 2.00 bits per heavy atom. The second-order valence-corrected chi connectivity index (χ2v) is 7.49. The molecule has 98 valence electrons. The molecular weight excluding hydrogens is 220 g/mol. The van der Waals surface area contributed by atoms with E-state index in [1.165, 1.54) is 38.5 Å². The smallest absolute Gasteiger partial charge is 0.00675 e. The third-order valence-corrected chi connectivity index (χ3v) is 6.28. The molecule has 3 N–H and O–H groups in total. The van der Waals surface area contributed by atoms with Gasteiger partial charge in [-0.3, -0.25) is 0 Å². The van der Waals surface area contributed by atoms with Crippen molar-refractivity contribution in [2.45, 2.75) is 56.9 Å². The van der Waals surface area contributed by atoms with Gasteiger partial charge in [0.05, 0.1) is 0 Å². The molecule has 4 fully saturated rings. The number of hydrogen-bond acceptors (Lipinski definition) is 1. The molecule has 1 aromatic heterocycles. The van der Waals surface area contributed by atoms with Crippen molar-refractivity contribution in [3.63, 3.8) is 0 Å². The molecule has 0 aliphatic heterocycles. The van der Waals surface area contributed by atoms with Crippen LogP contribution in [0.2, 0.25) is 0 Å². The first-order chi connectivity index (χ1) is 8.62. The van der Waals surface area contributed by atoms with Gasteiger partial charge in [-0.25, -0.2) is 0 Å². The first kappa shape index (κ1) is 11.1. The normalized spacial score (nSPS) is 47.4. The van der Waals surface area contributed by atoms with E-state index in [1.807, 2.05) is 0 Å². The van der Waals surface area contributed by atoms with Crippen LogP contribution in [0.25, 0.3) is 0 Å². The van der Waals surface area contributed by atoms with Gasteiger partial charge in [-0.2, -0.15) is 0 Å². The zero-order chi connectivity index (χ0) is 12.4. The summed E-state index contributed by atoms with van der Waals surface area (Å²) in [5.74, 6) is 1.87. The van der Waals surface area contributed by atoms with E-state index in [1.54, 1.807) is 5.56 Å². The standard InChI is InChI=1S/C16H24N2/c1-11(17)15-5-12-4-13(6-15)8-16(7-12,10-15)14-2-3-18-9-14/h2-3,9,11-13,18H,4-8,10,17H2,1H3. The van der Waals surface area contributed by atoms with E-state index < -0.39 is 0 Å². The van der Waals surface area contributed by atoms with Gasteiger partial charge < -0.3 is 10.7 Å². The zero-order valence-electron chi connectivity index (χ0n) is 11.3. The summed E-state index contributed by atoms with van der Waals surface area (Å²) in [5, 5.41) is 0. The minimum absolute atomic E-state index is 0.363. The maximum atomic E-state index is 6.40. The van der Waals surface area contributed by atoms with Crippen LogP contribution in [-0.4, -0.2) is 11.0 Å². The number of aromatic amines is 1. The van der Waals surface area contributed by atoms with E-state index in [0.29, 0.717) is 16.9 Å². The molecule has 18 heavy (non-hydrogen) atoms. The SMILES string of the molecule is CC(N)C12CC3CC(CC(c4cc[nH]c4)(C3)C1)C2. The Balaban J connectivity index is 1.79. The Bertz CT molecular complexity index is 432. The van der Waals surface area contributed by atoms with E-state index in [2.05, 4.69) is 30.4 Å². The van der Waals surface area contributed by atoms with Crippen molar-refractivity contribution in [1.82, 2.24) is 4.98 Å². The van der Waals surface area contributed by atoms with E-state index in [-0.39, 0.29) is 0 Å². The van der Waals surface area contributed by atoms with Gasteiger partial charge in [0.1, 0.15) is 0 Å². The van der Waals surface area contributed by atoms with Gasteiger partial charge in [0.25, 0.3) is 0 Å². The highest BCUT2D eigenvalue weighted by Crippen LogP contribution is 2.66. The molecule has 0 radical (unpaired) electrons. The molecule has 1 heterocycles. The quantitative estimate of drug-likeness (QED) is 0.824. The van der Waals surface area contributed by atoms with E-state index >= 15 is 0 Å².